The Morgan fingerprint density at radius 2 is 1.16 bits per heavy atom. The summed E-state index contributed by atoms with van der Waals surface area (Å²) in [7, 11) is 0. The average molecular weight is 409 g/mol. The number of fused-ring (bicyclic) bond motifs is 7. The molecule has 6 aromatic rings. The maximum atomic E-state index is 5.31. The highest BCUT2D eigenvalue weighted by atomic mass is 14.8. The lowest BCUT2D eigenvalue weighted by atomic mass is 9.92. The molecule has 0 unspecified atom stereocenters. The van der Waals surface area contributed by atoms with Gasteiger partial charge in [-0.1, -0.05) is 97.1 Å². The van der Waals surface area contributed by atoms with Crippen LogP contribution in [0.4, 0.5) is 5.69 Å². The number of aromatic nitrogens is 1. The van der Waals surface area contributed by atoms with Gasteiger partial charge in [-0.2, -0.15) is 0 Å². The molecule has 1 aliphatic rings. The van der Waals surface area contributed by atoms with E-state index in [0.717, 1.165) is 29.0 Å². The van der Waals surface area contributed by atoms with Crippen LogP contribution in [0.5, 0.6) is 0 Å². The maximum absolute atomic E-state index is 5.31. The number of hydrogen-bond acceptors (Lipinski definition) is 1. The van der Waals surface area contributed by atoms with Crippen molar-refractivity contribution in [3.05, 3.63) is 114 Å². The zero-order chi connectivity index (χ0) is 21.1. The molecule has 0 saturated carbocycles. The van der Waals surface area contributed by atoms with E-state index in [1.807, 2.05) is 0 Å². The Morgan fingerprint density at radius 3 is 1.94 bits per heavy atom. The van der Waals surface area contributed by atoms with Gasteiger partial charge < -0.3 is 4.98 Å². The molecule has 0 radical (unpaired) electrons. The Labute approximate surface area is 185 Å². The number of hydrogen-bond donors (Lipinski definition) is 1. The Bertz CT molecular complexity index is 1690. The first kappa shape index (κ1) is 17.5. The largest absolute Gasteiger partial charge is 0.354 e. The van der Waals surface area contributed by atoms with Crippen LogP contribution >= 0.6 is 0 Å². The van der Waals surface area contributed by atoms with E-state index in [1.54, 1.807) is 0 Å². The van der Waals surface area contributed by atoms with E-state index in [1.165, 1.54) is 43.6 Å². The standard InChI is InChI=1S/C30H20N2/c1-2-10-19(11-3-1)29-28(24-16-8-9-17-26(24)31-29)27-18-25-22-14-5-4-12-20(22)21-13-6-7-15-23(21)30(25)32-27/h1-17,31H,18H2. The molecule has 0 saturated heterocycles. The molecule has 0 aliphatic carbocycles. The number of H-pyrrole nitrogens is 1. The Morgan fingerprint density at radius 1 is 0.562 bits per heavy atom. The molecule has 150 valence electrons. The van der Waals surface area contributed by atoms with Gasteiger partial charge in [0, 0.05) is 28.3 Å². The number of benzene rings is 5. The fraction of sp³-hybridized carbons (Fsp3) is 0.0333. The molecule has 2 heteroatoms. The molecule has 0 spiro atoms. The van der Waals surface area contributed by atoms with E-state index >= 15 is 0 Å². The predicted molar refractivity (Wildman–Crippen MR) is 135 cm³/mol. The molecule has 0 bridgehead atoms. The monoisotopic (exact) mass is 408 g/mol. The zero-order valence-corrected chi connectivity index (χ0v) is 17.5. The lowest BCUT2D eigenvalue weighted by Gasteiger charge is -2.10. The molecule has 0 atom stereocenters. The molecule has 2 nitrogen and oxygen atoms in total. The lowest BCUT2D eigenvalue weighted by molar-refractivity contribution is 1.41. The van der Waals surface area contributed by atoms with Crippen molar-refractivity contribution in [2.75, 3.05) is 0 Å². The molecule has 0 amide bonds. The van der Waals surface area contributed by atoms with Gasteiger partial charge in [0.2, 0.25) is 0 Å². The minimum absolute atomic E-state index is 0.836. The number of para-hydroxylation sites is 1. The van der Waals surface area contributed by atoms with Crippen LogP contribution in [-0.4, -0.2) is 10.7 Å². The van der Waals surface area contributed by atoms with E-state index in [4.69, 9.17) is 4.99 Å². The summed E-state index contributed by atoms with van der Waals surface area (Å²) in [6, 6.07) is 36.5. The highest BCUT2D eigenvalue weighted by Gasteiger charge is 2.26. The molecule has 7 rings (SSSR count). The second kappa shape index (κ2) is 6.66. The van der Waals surface area contributed by atoms with Crippen molar-refractivity contribution in [1.29, 1.82) is 0 Å². The Balaban J connectivity index is 1.54. The van der Waals surface area contributed by atoms with Gasteiger partial charge in [0.05, 0.1) is 17.1 Å². The average Bonchev–Trinajstić information content (AvgIpc) is 3.47. The van der Waals surface area contributed by atoms with Crippen LogP contribution in [0.1, 0.15) is 11.1 Å². The first-order chi connectivity index (χ1) is 15.9. The fourth-order valence-electron chi connectivity index (χ4n) is 5.25. The Kier molecular flexibility index (Phi) is 3.65. The van der Waals surface area contributed by atoms with Crippen molar-refractivity contribution >= 4 is 43.8 Å². The first-order valence-electron chi connectivity index (χ1n) is 11.0. The topological polar surface area (TPSA) is 28.1 Å². The van der Waals surface area contributed by atoms with Crippen molar-refractivity contribution in [3.8, 4) is 11.3 Å². The second-order valence-electron chi connectivity index (χ2n) is 8.44. The van der Waals surface area contributed by atoms with Crippen LogP contribution in [-0.2, 0) is 6.42 Å². The van der Waals surface area contributed by atoms with Crippen LogP contribution in [0, 0.1) is 0 Å². The SMILES string of the molecule is c1ccc(-c2[nH]c3ccccc3c2C2=Nc3c(c4ccccc4c4ccccc34)C2)cc1. The van der Waals surface area contributed by atoms with Crippen LogP contribution in [0.15, 0.2) is 108 Å². The Hall–Kier alpha value is -4.17. The first-order valence-corrected chi connectivity index (χ1v) is 11.0. The van der Waals surface area contributed by atoms with Gasteiger partial charge in [-0.3, -0.25) is 4.99 Å². The number of aromatic amines is 1. The number of aliphatic imine (C=N–C) groups is 1. The van der Waals surface area contributed by atoms with E-state index in [9.17, 15) is 0 Å². The van der Waals surface area contributed by atoms with E-state index in [0.29, 0.717) is 0 Å². The van der Waals surface area contributed by atoms with Gasteiger partial charge in [0.25, 0.3) is 0 Å². The summed E-state index contributed by atoms with van der Waals surface area (Å²) in [4.78, 5) is 8.98. The van der Waals surface area contributed by atoms with Crippen LogP contribution < -0.4 is 0 Å². The third kappa shape index (κ3) is 2.44. The summed E-state index contributed by atoms with van der Waals surface area (Å²) in [6.45, 7) is 0. The van der Waals surface area contributed by atoms with E-state index in [-0.39, 0.29) is 0 Å². The van der Waals surface area contributed by atoms with Gasteiger partial charge in [-0.05, 0) is 33.4 Å². The smallest absolute Gasteiger partial charge is 0.0754 e. The van der Waals surface area contributed by atoms with Gasteiger partial charge in [-0.25, -0.2) is 0 Å². The molecular formula is C30H20N2. The predicted octanol–water partition coefficient (Wildman–Crippen LogP) is 7.82. The molecule has 5 aromatic carbocycles. The van der Waals surface area contributed by atoms with Crippen molar-refractivity contribution in [2.45, 2.75) is 6.42 Å². The number of rotatable bonds is 2. The van der Waals surface area contributed by atoms with E-state index in [2.05, 4.69) is 108 Å². The number of nitrogens with one attached hydrogen (secondary N) is 1. The molecular weight excluding hydrogens is 388 g/mol. The summed E-state index contributed by atoms with van der Waals surface area (Å²) < 4.78 is 0. The molecule has 32 heavy (non-hydrogen) atoms. The fourth-order valence-corrected chi connectivity index (χ4v) is 5.25. The van der Waals surface area contributed by atoms with Crippen LogP contribution in [0.25, 0.3) is 43.7 Å². The van der Waals surface area contributed by atoms with Gasteiger partial charge >= 0.3 is 0 Å². The summed E-state index contributed by atoms with van der Waals surface area (Å²) >= 11 is 0. The van der Waals surface area contributed by atoms with Gasteiger partial charge in [0.1, 0.15) is 0 Å². The van der Waals surface area contributed by atoms with Gasteiger partial charge in [-0.15, -0.1) is 0 Å². The second-order valence-corrected chi connectivity index (χ2v) is 8.44. The third-order valence-electron chi connectivity index (χ3n) is 6.66. The summed E-state index contributed by atoms with van der Waals surface area (Å²) in [6.07, 6.45) is 0.836. The molecule has 0 fully saturated rings. The minimum atomic E-state index is 0.836. The molecule has 1 aliphatic heterocycles. The summed E-state index contributed by atoms with van der Waals surface area (Å²) in [5, 5.41) is 6.35. The normalized spacial score (nSPS) is 13.1. The van der Waals surface area contributed by atoms with Crippen molar-refractivity contribution in [3.63, 3.8) is 0 Å². The summed E-state index contributed by atoms with van der Waals surface area (Å²) in [5.74, 6) is 0. The molecule has 1 aromatic heterocycles. The van der Waals surface area contributed by atoms with E-state index < -0.39 is 0 Å². The third-order valence-corrected chi connectivity index (χ3v) is 6.66. The molecule has 1 N–H and O–H groups in total. The number of nitrogens with zero attached hydrogens (tertiary/aromatic N) is 1. The van der Waals surface area contributed by atoms with Crippen LogP contribution in [0.3, 0.4) is 0 Å². The highest BCUT2D eigenvalue weighted by molar-refractivity contribution is 6.24. The van der Waals surface area contributed by atoms with Crippen LogP contribution in [0.2, 0.25) is 0 Å². The van der Waals surface area contributed by atoms with Crippen molar-refractivity contribution in [1.82, 2.24) is 4.98 Å². The highest BCUT2D eigenvalue weighted by Crippen LogP contribution is 2.44. The minimum Gasteiger partial charge on any atom is -0.354 e. The van der Waals surface area contributed by atoms with Crippen molar-refractivity contribution in [2.24, 2.45) is 4.99 Å². The molecule has 2 heterocycles. The van der Waals surface area contributed by atoms with Crippen molar-refractivity contribution < 1.29 is 0 Å². The summed E-state index contributed by atoms with van der Waals surface area (Å²) in [5.41, 5.74) is 8.29. The zero-order valence-electron chi connectivity index (χ0n) is 17.5. The van der Waals surface area contributed by atoms with Gasteiger partial charge in [0.15, 0.2) is 0 Å². The lowest BCUT2D eigenvalue weighted by Crippen LogP contribution is -2.02. The maximum Gasteiger partial charge on any atom is 0.0754 e. The quantitative estimate of drug-likeness (QED) is 0.283.